The Bertz CT molecular complexity index is 1660. The highest BCUT2D eigenvalue weighted by molar-refractivity contribution is 5.94. The van der Waals surface area contributed by atoms with Crippen LogP contribution in [-0.4, -0.2) is 32.1 Å². The van der Waals surface area contributed by atoms with Gasteiger partial charge in [0.2, 0.25) is 0 Å². The van der Waals surface area contributed by atoms with Crippen LogP contribution in [0.25, 0.3) is 34.0 Å². The number of aromatic nitrogens is 4. The molecule has 0 atom stereocenters. The van der Waals surface area contributed by atoms with Gasteiger partial charge in [0.15, 0.2) is 5.69 Å². The van der Waals surface area contributed by atoms with Crippen LogP contribution in [0, 0.1) is 22.7 Å². The third kappa shape index (κ3) is 4.13. The summed E-state index contributed by atoms with van der Waals surface area (Å²) in [4.78, 5) is 12.8. The van der Waals surface area contributed by atoms with Gasteiger partial charge in [-0.1, -0.05) is 66.7 Å². The molecule has 0 bridgehead atoms. The quantitative estimate of drug-likeness (QED) is 0.302. The highest BCUT2D eigenvalue weighted by atomic mass is 16.5. The number of ether oxygens (including phenoxy) is 1. The number of hydrogen-bond donors (Lipinski definition) is 0. The van der Waals surface area contributed by atoms with E-state index in [2.05, 4.69) is 17.2 Å². The standard InChI is InChI=1S/C29H20N6O2/c1-2-37-29(36)26-24(19-31)28(35(33-26)22-16-10-5-11-17-22)25-23(18-30)27(20-12-6-3-7-13-20)34(32-25)21-14-8-4-9-15-21/h3-17H,2H2,1H3. The molecular weight excluding hydrogens is 464 g/mol. The fourth-order valence-electron chi connectivity index (χ4n) is 4.15. The van der Waals surface area contributed by atoms with Crippen LogP contribution in [0.4, 0.5) is 0 Å². The highest BCUT2D eigenvalue weighted by Gasteiger charge is 2.31. The minimum absolute atomic E-state index is 0.0175. The van der Waals surface area contributed by atoms with Gasteiger partial charge < -0.3 is 4.74 Å². The zero-order chi connectivity index (χ0) is 25.8. The number of nitriles is 2. The summed E-state index contributed by atoms with van der Waals surface area (Å²) in [6, 6.07) is 32.3. The molecule has 0 radical (unpaired) electrons. The summed E-state index contributed by atoms with van der Waals surface area (Å²) in [5.74, 6) is -0.723. The first kappa shape index (κ1) is 23.3. The van der Waals surface area contributed by atoms with E-state index in [9.17, 15) is 15.3 Å². The van der Waals surface area contributed by atoms with Crippen molar-refractivity contribution in [3.05, 3.63) is 108 Å². The zero-order valence-corrected chi connectivity index (χ0v) is 19.9. The largest absolute Gasteiger partial charge is 0.461 e. The Morgan fingerprint density at radius 1 is 0.757 bits per heavy atom. The van der Waals surface area contributed by atoms with Gasteiger partial charge >= 0.3 is 5.97 Å². The minimum Gasteiger partial charge on any atom is -0.461 e. The topological polar surface area (TPSA) is 110 Å². The van der Waals surface area contributed by atoms with E-state index >= 15 is 0 Å². The fraction of sp³-hybridized carbons (Fsp3) is 0.0690. The van der Waals surface area contributed by atoms with E-state index in [1.54, 1.807) is 23.7 Å². The second kappa shape index (κ2) is 10.0. The summed E-state index contributed by atoms with van der Waals surface area (Å²) in [5, 5.41) is 29.9. The van der Waals surface area contributed by atoms with Crippen LogP contribution in [-0.2, 0) is 4.74 Å². The van der Waals surface area contributed by atoms with Gasteiger partial charge in [0.05, 0.1) is 23.7 Å². The Kier molecular flexibility index (Phi) is 6.31. The van der Waals surface area contributed by atoms with Gasteiger partial charge in [-0.25, -0.2) is 14.2 Å². The van der Waals surface area contributed by atoms with Crippen molar-refractivity contribution in [3.8, 4) is 46.2 Å². The van der Waals surface area contributed by atoms with Gasteiger partial charge in [0, 0.05) is 5.56 Å². The summed E-state index contributed by atoms with van der Waals surface area (Å²) >= 11 is 0. The number of rotatable bonds is 6. The summed E-state index contributed by atoms with van der Waals surface area (Å²) in [5.41, 5.74) is 3.23. The number of esters is 1. The Balaban J connectivity index is 1.88. The minimum atomic E-state index is -0.723. The number of nitrogens with zero attached hydrogens (tertiary/aromatic N) is 6. The van der Waals surface area contributed by atoms with Gasteiger partial charge in [-0.2, -0.15) is 20.7 Å². The smallest absolute Gasteiger partial charge is 0.360 e. The van der Waals surface area contributed by atoms with Crippen molar-refractivity contribution in [2.24, 2.45) is 0 Å². The number of benzene rings is 3. The lowest BCUT2D eigenvalue weighted by atomic mass is 10.0. The van der Waals surface area contributed by atoms with E-state index in [4.69, 9.17) is 9.84 Å². The van der Waals surface area contributed by atoms with Crippen molar-refractivity contribution in [2.75, 3.05) is 6.61 Å². The molecule has 8 heteroatoms. The van der Waals surface area contributed by atoms with Gasteiger partial charge in [-0.05, 0) is 31.2 Å². The third-order valence-corrected chi connectivity index (χ3v) is 5.74. The van der Waals surface area contributed by atoms with Crippen LogP contribution < -0.4 is 0 Å². The molecule has 2 aromatic heterocycles. The molecular formula is C29H20N6O2. The first-order chi connectivity index (χ1) is 18.2. The average molecular weight is 485 g/mol. The van der Waals surface area contributed by atoms with Crippen LogP contribution in [0.1, 0.15) is 28.5 Å². The number of carbonyl (C=O) groups excluding carboxylic acids is 1. The van der Waals surface area contributed by atoms with Crippen molar-refractivity contribution >= 4 is 5.97 Å². The second-order valence-electron chi connectivity index (χ2n) is 7.95. The fourth-order valence-corrected chi connectivity index (χ4v) is 4.15. The van der Waals surface area contributed by atoms with E-state index in [1.807, 2.05) is 78.9 Å². The number of carbonyl (C=O) groups is 1. The molecule has 0 spiro atoms. The first-order valence-corrected chi connectivity index (χ1v) is 11.6. The molecule has 0 unspecified atom stereocenters. The Labute approximate surface area is 213 Å². The van der Waals surface area contributed by atoms with Crippen LogP contribution >= 0.6 is 0 Å². The molecule has 178 valence electrons. The molecule has 0 N–H and O–H groups in total. The predicted molar refractivity (Wildman–Crippen MR) is 137 cm³/mol. The predicted octanol–water partition coefficient (Wildman–Crippen LogP) is 5.31. The lowest BCUT2D eigenvalue weighted by molar-refractivity contribution is 0.0518. The summed E-state index contributed by atoms with van der Waals surface area (Å²) in [6.07, 6.45) is 0. The van der Waals surface area contributed by atoms with E-state index in [-0.39, 0.29) is 34.8 Å². The number of hydrogen-bond acceptors (Lipinski definition) is 6. The molecule has 8 nitrogen and oxygen atoms in total. The lowest BCUT2D eigenvalue weighted by Crippen LogP contribution is -2.08. The van der Waals surface area contributed by atoms with E-state index < -0.39 is 5.97 Å². The molecule has 3 aromatic carbocycles. The molecule has 2 heterocycles. The van der Waals surface area contributed by atoms with Gasteiger partial charge in [0.25, 0.3) is 0 Å². The Morgan fingerprint density at radius 2 is 1.27 bits per heavy atom. The Hall–Kier alpha value is -5.47. The summed E-state index contributed by atoms with van der Waals surface area (Å²) < 4.78 is 8.33. The maximum atomic E-state index is 12.8. The average Bonchev–Trinajstić information content (AvgIpc) is 3.53. The van der Waals surface area contributed by atoms with Gasteiger partial charge in [-0.15, -0.1) is 0 Å². The molecule has 0 saturated heterocycles. The van der Waals surface area contributed by atoms with E-state index in [0.29, 0.717) is 11.4 Å². The van der Waals surface area contributed by atoms with Crippen LogP contribution in [0.15, 0.2) is 91.0 Å². The molecule has 0 saturated carbocycles. The maximum absolute atomic E-state index is 12.8. The van der Waals surface area contributed by atoms with Crippen LogP contribution in [0.2, 0.25) is 0 Å². The number of para-hydroxylation sites is 2. The van der Waals surface area contributed by atoms with Crippen molar-refractivity contribution < 1.29 is 9.53 Å². The van der Waals surface area contributed by atoms with Gasteiger partial charge in [0.1, 0.15) is 34.7 Å². The van der Waals surface area contributed by atoms with Crippen LogP contribution in [0.5, 0.6) is 0 Å². The summed E-state index contributed by atoms with van der Waals surface area (Å²) in [7, 11) is 0. The molecule has 0 aliphatic rings. The summed E-state index contributed by atoms with van der Waals surface area (Å²) in [6.45, 7) is 1.81. The maximum Gasteiger partial charge on any atom is 0.360 e. The van der Waals surface area contributed by atoms with Crippen LogP contribution in [0.3, 0.4) is 0 Å². The zero-order valence-electron chi connectivity index (χ0n) is 19.9. The molecule has 37 heavy (non-hydrogen) atoms. The first-order valence-electron chi connectivity index (χ1n) is 11.6. The highest BCUT2D eigenvalue weighted by Crippen LogP contribution is 2.37. The van der Waals surface area contributed by atoms with Crippen molar-refractivity contribution in [2.45, 2.75) is 6.92 Å². The Morgan fingerprint density at radius 3 is 1.78 bits per heavy atom. The van der Waals surface area contributed by atoms with Gasteiger partial charge in [-0.3, -0.25) is 0 Å². The monoisotopic (exact) mass is 484 g/mol. The second-order valence-corrected chi connectivity index (χ2v) is 7.95. The van der Waals surface area contributed by atoms with Crippen molar-refractivity contribution in [1.82, 2.24) is 19.6 Å². The molecule has 5 rings (SSSR count). The molecule has 0 aliphatic heterocycles. The molecule has 0 fully saturated rings. The normalized spacial score (nSPS) is 10.5. The lowest BCUT2D eigenvalue weighted by Gasteiger charge is -2.07. The van der Waals surface area contributed by atoms with E-state index in [1.165, 1.54) is 4.68 Å². The van der Waals surface area contributed by atoms with E-state index in [0.717, 1.165) is 11.3 Å². The molecule has 0 aliphatic carbocycles. The molecule has 0 amide bonds. The molecule has 5 aromatic rings. The SMILES string of the molecule is CCOC(=O)c1nn(-c2ccccc2)c(-c2nn(-c3ccccc3)c(-c3ccccc3)c2C#N)c1C#N. The third-order valence-electron chi connectivity index (χ3n) is 5.74. The van der Waals surface area contributed by atoms with Crippen molar-refractivity contribution in [1.29, 1.82) is 10.5 Å². The van der Waals surface area contributed by atoms with Crippen molar-refractivity contribution in [3.63, 3.8) is 0 Å².